The van der Waals surface area contributed by atoms with Gasteiger partial charge in [-0.15, -0.1) is 0 Å². The fourth-order valence-corrected chi connectivity index (χ4v) is 3.14. The first-order valence-corrected chi connectivity index (χ1v) is 8.51. The molecule has 30 heavy (non-hydrogen) atoms. The first-order chi connectivity index (χ1) is 14.2. The number of carboxylic acid groups (broad SMARTS) is 4. The number of hydrogen-bond acceptors (Lipinski definition) is 4. The molecule has 3 aromatic rings. The molecule has 0 aromatic heterocycles. The minimum Gasteiger partial charge on any atom is -0.478 e. The van der Waals surface area contributed by atoms with Crippen LogP contribution in [0.15, 0.2) is 60.7 Å². The summed E-state index contributed by atoms with van der Waals surface area (Å²) in [5.74, 6) is -5.54. The molecule has 4 N–H and O–H groups in total. The smallest absolute Gasteiger partial charge is 0.336 e. The second-order valence-electron chi connectivity index (χ2n) is 6.29. The molecule has 8 nitrogen and oxygen atoms in total. The Kier molecular flexibility index (Phi) is 5.33. The topological polar surface area (TPSA) is 149 Å². The lowest BCUT2D eigenvalue weighted by atomic mass is 9.91. The van der Waals surface area contributed by atoms with Crippen molar-refractivity contribution in [1.82, 2.24) is 0 Å². The third-order valence-corrected chi connectivity index (χ3v) is 4.51. The predicted octanol–water partition coefficient (Wildman–Crippen LogP) is 3.81. The van der Waals surface area contributed by atoms with E-state index in [1.54, 1.807) is 24.3 Å². The Labute approximate surface area is 169 Å². The zero-order chi connectivity index (χ0) is 22.0. The maximum absolute atomic E-state index is 11.5. The van der Waals surface area contributed by atoms with E-state index in [0.29, 0.717) is 22.3 Å². The van der Waals surface area contributed by atoms with Crippen LogP contribution < -0.4 is 0 Å². The highest BCUT2D eigenvalue weighted by Crippen LogP contribution is 2.34. The normalized spacial score (nSPS) is 10.4. The average Bonchev–Trinajstić information content (AvgIpc) is 2.72. The molecule has 3 aromatic carbocycles. The minimum atomic E-state index is -1.40. The van der Waals surface area contributed by atoms with Gasteiger partial charge in [-0.05, 0) is 46.5 Å². The molecule has 0 radical (unpaired) electrons. The highest BCUT2D eigenvalue weighted by Gasteiger charge is 2.20. The quantitative estimate of drug-likeness (QED) is 0.483. The molecule has 0 aliphatic rings. The van der Waals surface area contributed by atoms with Crippen LogP contribution >= 0.6 is 0 Å². The molecule has 0 fully saturated rings. The van der Waals surface area contributed by atoms with Crippen LogP contribution in [0.3, 0.4) is 0 Å². The zero-order valence-corrected chi connectivity index (χ0v) is 15.2. The Morgan fingerprint density at radius 3 is 1.10 bits per heavy atom. The van der Waals surface area contributed by atoms with Crippen LogP contribution in [0.2, 0.25) is 0 Å². The van der Waals surface area contributed by atoms with Crippen LogP contribution in [0.5, 0.6) is 0 Å². The largest absolute Gasteiger partial charge is 0.478 e. The van der Waals surface area contributed by atoms with Gasteiger partial charge in [0.25, 0.3) is 0 Å². The lowest BCUT2D eigenvalue weighted by Crippen LogP contribution is -2.08. The summed E-state index contributed by atoms with van der Waals surface area (Å²) in [6.07, 6.45) is 0. The summed E-state index contributed by atoms with van der Waals surface area (Å²) in [5.41, 5.74) is 0.377. The summed E-state index contributed by atoms with van der Waals surface area (Å²) in [7, 11) is 0. The van der Waals surface area contributed by atoms with Crippen molar-refractivity contribution < 1.29 is 39.6 Å². The number of carbonyl (C=O) groups is 4. The van der Waals surface area contributed by atoms with Crippen molar-refractivity contribution in [2.24, 2.45) is 0 Å². The van der Waals surface area contributed by atoms with E-state index in [2.05, 4.69) is 0 Å². The summed E-state index contributed by atoms with van der Waals surface area (Å²) in [6, 6.07) is 14.5. The van der Waals surface area contributed by atoms with Crippen molar-refractivity contribution in [2.75, 3.05) is 0 Å². The molecule has 0 saturated heterocycles. The van der Waals surface area contributed by atoms with Gasteiger partial charge in [-0.3, -0.25) is 0 Å². The minimum absolute atomic E-state index is 0.359. The molecule has 8 heteroatoms. The molecule has 0 heterocycles. The first-order valence-electron chi connectivity index (χ1n) is 8.51. The van der Waals surface area contributed by atoms with E-state index in [0.717, 1.165) is 0 Å². The Bertz CT molecular complexity index is 1120. The van der Waals surface area contributed by atoms with Gasteiger partial charge in [0.05, 0.1) is 22.3 Å². The molecule has 0 amide bonds. The van der Waals surface area contributed by atoms with E-state index in [4.69, 9.17) is 0 Å². The molecule has 0 saturated carbocycles. The SMILES string of the molecule is O=C(O)c1ccc(-c2ccccc2-c2ccc(C(=O)O)c(C(=O)O)c2)cc1C(=O)O. The van der Waals surface area contributed by atoms with Crippen molar-refractivity contribution in [3.63, 3.8) is 0 Å². The second kappa shape index (κ2) is 7.88. The van der Waals surface area contributed by atoms with E-state index in [1.807, 2.05) is 0 Å². The van der Waals surface area contributed by atoms with E-state index >= 15 is 0 Å². The number of carboxylic acids is 4. The van der Waals surface area contributed by atoms with Crippen LogP contribution in [-0.4, -0.2) is 44.3 Å². The summed E-state index contributed by atoms with van der Waals surface area (Å²) in [6.45, 7) is 0. The zero-order valence-electron chi connectivity index (χ0n) is 15.2. The molecule has 0 unspecified atom stereocenters. The maximum atomic E-state index is 11.5. The van der Waals surface area contributed by atoms with Crippen molar-refractivity contribution in [2.45, 2.75) is 0 Å². The molecule has 150 valence electrons. The van der Waals surface area contributed by atoms with Crippen molar-refractivity contribution in [3.05, 3.63) is 82.9 Å². The van der Waals surface area contributed by atoms with Crippen LogP contribution in [0.1, 0.15) is 41.4 Å². The Hall–Kier alpha value is -4.46. The monoisotopic (exact) mass is 406 g/mol. The Balaban J connectivity index is 2.22. The molecule has 0 bridgehead atoms. The summed E-state index contributed by atoms with van der Waals surface area (Å²) in [5, 5.41) is 37.1. The van der Waals surface area contributed by atoms with E-state index < -0.39 is 23.9 Å². The standard InChI is InChI=1S/C22H14O8/c23-19(24)15-7-5-11(9-17(15)21(27)28)13-3-1-2-4-14(13)12-6-8-16(20(25)26)18(10-12)22(29)30/h1-10H,(H,23,24)(H,25,26)(H,27,28)(H,29,30). The van der Waals surface area contributed by atoms with Crippen molar-refractivity contribution >= 4 is 23.9 Å². The van der Waals surface area contributed by atoms with Gasteiger partial charge in [0.1, 0.15) is 0 Å². The van der Waals surface area contributed by atoms with Gasteiger partial charge in [-0.1, -0.05) is 36.4 Å². The van der Waals surface area contributed by atoms with E-state index in [1.165, 1.54) is 36.4 Å². The fourth-order valence-electron chi connectivity index (χ4n) is 3.14. The van der Waals surface area contributed by atoms with Gasteiger partial charge in [-0.2, -0.15) is 0 Å². The third-order valence-electron chi connectivity index (χ3n) is 4.51. The summed E-state index contributed by atoms with van der Waals surface area (Å²) < 4.78 is 0. The average molecular weight is 406 g/mol. The maximum Gasteiger partial charge on any atom is 0.336 e. The highest BCUT2D eigenvalue weighted by molar-refractivity contribution is 6.04. The van der Waals surface area contributed by atoms with Crippen LogP contribution in [-0.2, 0) is 0 Å². The summed E-state index contributed by atoms with van der Waals surface area (Å²) in [4.78, 5) is 45.6. The van der Waals surface area contributed by atoms with Gasteiger partial charge in [0.15, 0.2) is 0 Å². The highest BCUT2D eigenvalue weighted by atomic mass is 16.4. The molecule has 0 spiro atoms. The number of benzene rings is 3. The second-order valence-corrected chi connectivity index (χ2v) is 6.29. The Morgan fingerprint density at radius 1 is 0.467 bits per heavy atom. The molecular weight excluding hydrogens is 392 g/mol. The number of aromatic carboxylic acids is 4. The van der Waals surface area contributed by atoms with E-state index in [9.17, 15) is 39.6 Å². The van der Waals surface area contributed by atoms with Crippen LogP contribution in [0, 0.1) is 0 Å². The first kappa shape index (κ1) is 20.3. The molecule has 0 atom stereocenters. The fraction of sp³-hybridized carbons (Fsp3) is 0. The molecular formula is C22H14O8. The molecule has 0 aliphatic heterocycles. The van der Waals surface area contributed by atoms with Gasteiger partial charge in [0.2, 0.25) is 0 Å². The van der Waals surface area contributed by atoms with Crippen molar-refractivity contribution in [3.8, 4) is 22.3 Å². The lowest BCUT2D eigenvalue weighted by Gasteiger charge is -2.13. The third kappa shape index (κ3) is 3.74. The number of rotatable bonds is 6. The van der Waals surface area contributed by atoms with Gasteiger partial charge in [0, 0.05) is 0 Å². The predicted molar refractivity (Wildman–Crippen MR) is 105 cm³/mol. The van der Waals surface area contributed by atoms with Crippen LogP contribution in [0.4, 0.5) is 0 Å². The number of hydrogen-bond donors (Lipinski definition) is 4. The van der Waals surface area contributed by atoms with E-state index in [-0.39, 0.29) is 22.3 Å². The molecule has 0 aliphatic carbocycles. The lowest BCUT2D eigenvalue weighted by molar-refractivity contribution is 0.0651. The van der Waals surface area contributed by atoms with Gasteiger partial charge >= 0.3 is 23.9 Å². The van der Waals surface area contributed by atoms with Crippen molar-refractivity contribution in [1.29, 1.82) is 0 Å². The van der Waals surface area contributed by atoms with Gasteiger partial charge in [-0.25, -0.2) is 19.2 Å². The Morgan fingerprint density at radius 2 is 0.800 bits per heavy atom. The van der Waals surface area contributed by atoms with Crippen LogP contribution in [0.25, 0.3) is 22.3 Å². The van der Waals surface area contributed by atoms with Gasteiger partial charge < -0.3 is 20.4 Å². The molecule has 3 rings (SSSR count). The summed E-state index contributed by atoms with van der Waals surface area (Å²) >= 11 is 0.